The van der Waals surface area contributed by atoms with Crippen molar-refractivity contribution in [3.63, 3.8) is 0 Å². The highest BCUT2D eigenvalue weighted by molar-refractivity contribution is 5.88. The fourth-order valence-electron chi connectivity index (χ4n) is 1.64. The molecular weight excluding hydrogens is 246 g/mol. The minimum Gasteiger partial charge on any atom is -0.495 e. The largest absolute Gasteiger partial charge is 0.495 e. The van der Waals surface area contributed by atoms with Crippen LogP contribution in [0.4, 0.5) is 5.69 Å². The van der Waals surface area contributed by atoms with Gasteiger partial charge in [0.1, 0.15) is 17.6 Å². The Balaban J connectivity index is 2.17. The summed E-state index contributed by atoms with van der Waals surface area (Å²) in [6.07, 6.45) is 2.61. The van der Waals surface area contributed by atoms with Gasteiger partial charge in [-0.15, -0.1) is 0 Å². The maximum atomic E-state index is 11.0. The second kappa shape index (κ2) is 5.81. The second-order valence-corrected chi connectivity index (χ2v) is 3.74. The minimum atomic E-state index is -1.04. The number of benzene rings is 1. The van der Waals surface area contributed by atoms with Crippen LogP contribution in [-0.2, 0) is 6.54 Å². The van der Waals surface area contributed by atoms with E-state index < -0.39 is 5.97 Å². The molecule has 0 fully saturated rings. The Morgan fingerprint density at radius 3 is 2.95 bits per heavy atom. The molecule has 0 bridgehead atoms. The van der Waals surface area contributed by atoms with Crippen LogP contribution < -0.4 is 10.1 Å². The summed E-state index contributed by atoms with van der Waals surface area (Å²) in [5.74, 6) is -0.356. The molecule has 6 nitrogen and oxygen atoms in total. The highest BCUT2D eigenvalue weighted by Crippen LogP contribution is 2.23. The van der Waals surface area contributed by atoms with Gasteiger partial charge >= 0.3 is 5.97 Å². The monoisotopic (exact) mass is 259 g/mol. The fraction of sp³-hybridized carbons (Fsp3) is 0.154. The SMILES string of the molecule is COc1ccccc1NCc1ncncc1C(=O)O. The van der Waals surface area contributed by atoms with E-state index in [0.29, 0.717) is 11.4 Å². The lowest BCUT2D eigenvalue weighted by Crippen LogP contribution is -2.10. The normalized spacial score (nSPS) is 9.95. The number of nitrogens with one attached hydrogen (secondary N) is 1. The van der Waals surface area contributed by atoms with Crippen molar-refractivity contribution in [2.24, 2.45) is 0 Å². The number of anilines is 1. The van der Waals surface area contributed by atoms with Gasteiger partial charge in [-0.1, -0.05) is 12.1 Å². The predicted octanol–water partition coefficient (Wildman–Crippen LogP) is 1.80. The van der Waals surface area contributed by atoms with E-state index in [-0.39, 0.29) is 12.1 Å². The number of para-hydroxylation sites is 2. The van der Waals surface area contributed by atoms with E-state index >= 15 is 0 Å². The molecule has 0 radical (unpaired) electrons. The molecule has 1 aromatic heterocycles. The first-order valence-corrected chi connectivity index (χ1v) is 5.61. The van der Waals surface area contributed by atoms with Gasteiger partial charge in [0, 0.05) is 6.20 Å². The van der Waals surface area contributed by atoms with Gasteiger partial charge in [0.25, 0.3) is 0 Å². The van der Waals surface area contributed by atoms with E-state index in [1.54, 1.807) is 7.11 Å². The standard InChI is InChI=1S/C13H13N3O3/c1-19-12-5-3-2-4-10(12)15-7-11-9(13(17)18)6-14-8-16-11/h2-6,8,15H,7H2,1H3,(H,17,18). The van der Waals surface area contributed by atoms with Crippen molar-refractivity contribution < 1.29 is 14.6 Å². The Hall–Kier alpha value is -2.63. The Labute approximate surface area is 110 Å². The predicted molar refractivity (Wildman–Crippen MR) is 69.3 cm³/mol. The zero-order valence-corrected chi connectivity index (χ0v) is 10.3. The summed E-state index contributed by atoms with van der Waals surface area (Å²) in [6, 6.07) is 7.39. The van der Waals surface area contributed by atoms with Crippen molar-refractivity contribution in [2.75, 3.05) is 12.4 Å². The highest BCUT2D eigenvalue weighted by Gasteiger charge is 2.11. The fourth-order valence-corrected chi connectivity index (χ4v) is 1.64. The third-order valence-electron chi connectivity index (χ3n) is 2.58. The van der Waals surface area contributed by atoms with Crippen molar-refractivity contribution in [1.29, 1.82) is 0 Å². The van der Waals surface area contributed by atoms with Gasteiger partial charge in [-0.05, 0) is 12.1 Å². The number of methoxy groups -OCH3 is 1. The van der Waals surface area contributed by atoms with E-state index in [1.807, 2.05) is 24.3 Å². The molecule has 0 aliphatic heterocycles. The van der Waals surface area contributed by atoms with Crippen LogP contribution in [-0.4, -0.2) is 28.2 Å². The summed E-state index contributed by atoms with van der Waals surface area (Å²) in [5, 5.41) is 12.1. The van der Waals surface area contributed by atoms with Crippen molar-refractivity contribution in [2.45, 2.75) is 6.54 Å². The number of hydrogen-bond donors (Lipinski definition) is 2. The van der Waals surface area contributed by atoms with Gasteiger partial charge in [-0.2, -0.15) is 0 Å². The number of aromatic carboxylic acids is 1. The lowest BCUT2D eigenvalue weighted by Gasteiger charge is -2.11. The number of carboxylic acid groups (broad SMARTS) is 1. The van der Waals surface area contributed by atoms with Gasteiger partial charge in [0.2, 0.25) is 0 Å². The van der Waals surface area contributed by atoms with E-state index in [0.717, 1.165) is 5.69 Å². The summed E-state index contributed by atoms with van der Waals surface area (Å²) >= 11 is 0. The van der Waals surface area contributed by atoms with E-state index in [1.165, 1.54) is 12.5 Å². The highest BCUT2D eigenvalue weighted by atomic mass is 16.5. The molecule has 0 amide bonds. The molecule has 0 saturated carbocycles. The van der Waals surface area contributed by atoms with E-state index in [4.69, 9.17) is 9.84 Å². The molecule has 0 aliphatic rings. The molecule has 2 N–H and O–H groups in total. The molecule has 6 heteroatoms. The lowest BCUT2D eigenvalue weighted by molar-refractivity contribution is 0.0694. The van der Waals surface area contributed by atoms with Gasteiger partial charge in [-0.25, -0.2) is 14.8 Å². The molecule has 19 heavy (non-hydrogen) atoms. The third-order valence-corrected chi connectivity index (χ3v) is 2.58. The van der Waals surface area contributed by atoms with Gasteiger partial charge in [0.15, 0.2) is 0 Å². The van der Waals surface area contributed by atoms with Crippen molar-refractivity contribution in [3.05, 3.63) is 48.0 Å². The zero-order valence-electron chi connectivity index (χ0n) is 10.3. The Bertz CT molecular complexity index is 587. The van der Waals surface area contributed by atoms with Crippen LogP contribution in [0, 0.1) is 0 Å². The van der Waals surface area contributed by atoms with Crippen LogP contribution in [0.3, 0.4) is 0 Å². The van der Waals surface area contributed by atoms with Crippen LogP contribution in [0.2, 0.25) is 0 Å². The quantitative estimate of drug-likeness (QED) is 0.851. The Morgan fingerprint density at radius 1 is 1.42 bits per heavy atom. The smallest absolute Gasteiger partial charge is 0.339 e. The topological polar surface area (TPSA) is 84.3 Å². The average Bonchev–Trinajstić information content (AvgIpc) is 2.45. The van der Waals surface area contributed by atoms with Gasteiger partial charge in [-0.3, -0.25) is 0 Å². The van der Waals surface area contributed by atoms with E-state index in [2.05, 4.69) is 15.3 Å². The van der Waals surface area contributed by atoms with Gasteiger partial charge < -0.3 is 15.2 Å². The summed E-state index contributed by atoms with van der Waals surface area (Å²) in [4.78, 5) is 18.7. The number of carboxylic acids is 1. The molecule has 0 atom stereocenters. The average molecular weight is 259 g/mol. The minimum absolute atomic E-state index is 0.0879. The van der Waals surface area contributed by atoms with Crippen molar-refractivity contribution >= 4 is 11.7 Å². The molecule has 1 aromatic carbocycles. The van der Waals surface area contributed by atoms with Crippen LogP contribution in [0.5, 0.6) is 5.75 Å². The summed E-state index contributed by atoms with van der Waals surface area (Å²) in [5.41, 5.74) is 1.29. The Kier molecular flexibility index (Phi) is 3.92. The number of ether oxygens (including phenoxy) is 1. The maximum Gasteiger partial charge on any atom is 0.339 e. The number of nitrogens with zero attached hydrogens (tertiary/aromatic N) is 2. The molecular formula is C13H13N3O3. The summed E-state index contributed by atoms with van der Waals surface area (Å²) in [7, 11) is 1.58. The first-order valence-electron chi connectivity index (χ1n) is 5.61. The first kappa shape index (κ1) is 12.8. The van der Waals surface area contributed by atoms with Crippen LogP contribution in [0.25, 0.3) is 0 Å². The summed E-state index contributed by atoms with van der Waals surface area (Å²) in [6.45, 7) is 0.282. The molecule has 2 aromatic rings. The lowest BCUT2D eigenvalue weighted by atomic mass is 10.2. The molecule has 0 unspecified atom stereocenters. The zero-order chi connectivity index (χ0) is 13.7. The second-order valence-electron chi connectivity index (χ2n) is 3.74. The van der Waals surface area contributed by atoms with Crippen LogP contribution in [0.1, 0.15) is 16.1 Å². The first-order chi connectivity index (χ1) is 9.22. The number of rotatable bonds is 5. The summed E-state index contributed by atoms with van der Waals surface area (Å²) < 4.78 is 5.20. The molecule has 98 valence electrons. The number of aromatic nitrogens is 2. The van der Waals surface area contributed by atoms with Gasteiger partial charge in [0.05, 0.1) is 25.0 Å². The molecule has 0 spiro atoms. The maximum absolute atomic E-state index is 11.0. The number of carbonyl (C=O) groups is 1. The van der Waals surface area contributed by atoms with Crippen LogP contribution >= 0.6 is 0 Å². The van der Waals surface area contributed by atoms with E-state index in [9.17, 15) is 4.79 Å². The molecule has 2 rings (SSSR count). The molecule has 1 heterocycles. The van der Waals surface area contributed by atoms with Crippen molar-refractivity contribution in [1.82, 2.24) is 9.97 Å². The third kappa shape index (κ3) is 2.98. The van der Waals surface area contributed by atoms with Crippen LogP contribution in [0.15, 0.2) is 36.8 Å². The van der Waals surface area contributed by atoms with Crippen molar-refractivity contribution in [3.8, 4) is 5.75 Å². The number of hydrogen-bond acceptors (Lipinski definition) is 5. The molecule has 0 saturated heterocycles. The molecule has 0 aliphatic carbocycles. The Morgan fingerprint density at radius 2 is 2.21 bits per heavy atom.